The van der Waals surface area contributed by atoms with Crippen molar-refractivity contribution < 1.29 is 189 Å². The first-order valence-electron chi connectivity index (χ1n) is 16.7. The van der Waals surface area contributed by atoms with Gasteiger partial charge in [0.2, 0.25) is 11.6 Å². The Morgan fingerprint density at radius 1 is 0.554 bits per heavy atom. The molecule has 0 unspecified atom stereocenters. The van der Waals surface area contributed by atoms with Gasteiger partial charge in [-0.25, -0.2) is 38.5 Å². The molecule has 65 heavy (non-hydrogen) atoms. The zero-order chi connectivity index (χ0) is 44.7. The van der Waals surface area contributed by atoms with E-state index >= 15 is 0 Å². The van der Waals surface area contributed by atoms with Crippen molar-refractivity contribution in [3.8, 4) is 5.75 Å². The van der Waals surface area contributed by atoms with Gasteiger partial charge in [0, 0.05) is 22.5 Å². The number of rotatable bonds is 12. The van der Waals surface area contributed by atoms with E-state index in [2.05, 4.69) is 31.7 Å². The summed E-state index contributed by atoms with van der Waals surface area (Å²) in [4.78, 5) is 36.3. The number of fused-ring (bicyclic) bond motifs is 2. The summed E-state index contributed by atoms with van der Waals surface area (Å²) in [6.45, 7) is 1.56. The molecule has 0 radical (unpaired) electrons. The minimum Gasteiger partial charge on any atom is -0.744 e. The summed E-state index contributed by atoms with van der Waals surface area (Å²) < 4.78 is 147. The van der Waals surface area contributed by atoms with Crippen LogP contribution >= 0.6 is 0 Å². The zero-order valence-electron chi connectivity index (χ0n) is 34.4. The fraction of sp³-hybridized carbons (Fsp3) is 0.0571. The third kappa shape index (κ3) is 14.2. The Kier molecular flexibility index (Phi) is 20.8. The number of hydrogen-bond donors (Lipinski definition) is 4. The fourth-order valence-corrected chi connectivity index (χ4v) is 8.11. The molecule has 2 amide bonds. The molecule has 0 aliphatic heterocycles. The van der Waals surface area contributed by atoms with Crippen LogP contribution in [-0.2, 0) is 40.5 Å². The number of Topliss-reactive ketones (excluding diaryl/α,β-unsaturated/α-hetero) is 2. The van der Waals surface area contributed by atoms with E-state index < -0.39 is 89.1 Å². The van der Waals surface area contributed by atoms with Crippen molar-refractivity contribution in [2.24, 2.45) is 10.2 Å². The number of hydrazone groups is 2. The number of allylic oxidation sites excluding steroid dienone is 2. The van der Waals surface area contributed by atoms with E-state index in [9.17, 15) is 66.3 Å². The molecule has 0 atom stereocenters. The largest absolute Gasteiger partial charge is 1.00 e. The summed E-state index contributed by atoms with van der Waals surface area (Å²) in [6, 6.07) is 13.4. The minimum absolute atomic E-state index is 0. The molecule has 0 bridgehead atoms. The van der Waals surface area contributed by atoms with Gasteiger partial charge in [-0.3, -0.25) is 20.4 Å². The quantitative estimate of drug-likeness (QED) is 0.0582. The Hall–Kier alpha value is -2.65. The van der Waals surface area contributed by atoms with Gasteiger partial charge in [0.15, 0.2) is 0 Å². The topological polar surface area (TPSA) is 362 Å². The van der Waals surface area contributed by atoms with Crippen LogP contribution in [0.1, 0.15) is 38.8 Å². The molecule has 4 aromatic rings. The fourth-order valence-electron chi connectivity index (χ4n) is 5.70. The van der Waals surface area contributed by atoms with E-state index in [-0.39, 0.29) is 176 Å². The van der Waals surface area contributed by atoms with E-state index in [1.54, 1.807) is 6.92 Å². The van der Waals surface area contributed by atoms with Crippen molar-refractivity contribution >= 4 is 104 Å². The molecular weight excluding hydrogens is 981 g/mol. The second-order valence-corrected chi connectivity index (χ2v) is 17.9. The van der Waals surface area contributed by atoms with Gasteiger partial charge in [0.25, 0.3) is 0 Å². The van der Waals surface area contributed by atoms with Gasteiger partial charge in [0.1, 0.15) is 57.6 Å². The smallest absolute Gasteiger partial charge is 0.744 e. The standard InChI is InChI=1S/C35H28N6O16S4.4Na/c1-2-57-27-12-7-23(17-28(27)59(48,49)50)39-41-32-30(61(54,55)56)16-19-14-22(6-11-26(19)34(32)43)37-35(44)36-21-5-10-25-18(13-21)15-29(60(51,52)53)31(33(25)42)40-38-20-3-8-24(9-4-20)58(45,46)47;;;;/h3-17,38-39H,2H2,1H3,(H2,36,37,44)(H,45,46,47)(H,48,49,50)(H,51,52,53)(H,54,55,56);;;;/q;4*+1/p-4/b40-31+,41-32-;;;;. The van der Waals surface area contributed by atoms with E-state index in [0.717, 1.165) is 60.7 Å². The average Bonchev–Trinajstić information content (AvgIpc) is 3.16. The van der Waals surface area contributed by atoms with E-state index in [1.807, 2.05) is 0 Å². The molecule has 0 saturated heterocycles. The number of anilines is 4. The second-order valence-electron chi connectivity index (χ2n) is 12.4. The number of urea groups is 1. The van der Waals surface area contributed by atoms with Crippen LogP contribution < -0.4 is 144 Å². The van der Waals surface area contributed by atoms with Crippen molar-refractivity contribution in [1.82, 2.24) is 0 Å². The second kappa shape index (κ2) is 23.1. The number of ether oxygens (including phenoxy) is 1. The normalized spacial score (nSPS) is 14.7. The maximum Gasteiger partial charge on any atom is 1.00 e. The van der Waals surface area contributed by atoms with Crippen LogP contribution in [0.15, 0.2) is 109 Å². The van der Waals surface area contributed by atoms with Gasteiger partial charge >= 0.3 is 124 Å². The molecule has 22 nitrogen and oxygen atoms in total. The molecular formula is C35H24N6Na4O16S4. The first kappa shape index (κ1) is 58.5. The van der Waals surface area contributed by atoms with Crippen LogP contribution in [-0.4, -0.2) is 87.5 Å². The molecule has 4 aromatic carbocycles. The van der Waals surface area contributed by atoms with Crippen LogP contribution in [0.25, 0.3) is 12.2 Å². The molecule has 0 heterocycles. The number of carbonyl (C=O) groups excluding carboxylic acids is 3. The molecule has 6 rings (SSSR count). The van der Waals surface area contributed by atoms with Crippen LogP contribution in [0, 0.1) is 0 Å². The maximum atomic E-state index is 13.4. The summed E-state index contributed by atoms with van der Waals surface area (Å²) >= 11 is 0. The van der Waals surface area contributed by atoms with Crippen LogP contribution in [0.2, 0.25) is 0 Å². The van der Waals surface area contributed by atoms with Crippen molar-refractivity contribution in [3.63, 3.8) is 0 Å². The number of nitrogens with one attached hydrogen (secondary N) is 4. The summed E-state index contributed by atoms with van der Waals surface area (Å²) in [5.41, 5.74) is 2.11. The summed E-state index contributed by atoms with van der Waals surface area (Å²) in [5, 5.41) is 12.3. The molecule has 4 N–H and O–H groups in total. The van der Waals surface area contributed by atoms with Gasteiger partial charge in [0.05, 0.1) is 37.6 Å². The van der Waals surface area contributed by atoms with Crippen LogP contribution in [0.3, 0.4) is 0 Å². The maximum absolute atomic E-state index is 13.4. The number of amides is 2. The zero-order valence-corrected chi connectivity index (χ0v) is 45.7. The third-order valence-electron chi connectivity index (χ3n) is 8.37. The number of ketones is 2. The number of nitrogens with zero attached hydrogens (tertiary/aromatic N) is 2. The number of carbonyl (C=O) groups is 3. The van der Waals surface area contributed by atoms with E-state index in [4.69, 9.17) is 4.74 Å². The van der Waals surface area contributed by atoms with Crippen LogP contribution in [0.4, 0.5) is 27.5 Å². The molecule has 0 spiro atoms. The predicted octanol–water partition coefficient (Wildman–Crippen LogP) is -9.35. The summed E-state index contributed by atoms with van der Waals surface area (Å²) in [6.07, 6.45) is 1.65. The SMILES string of the molecule is CCOc1ccc(N/N=C2\C(=O)c3ccc(NC(=O)Nc4ccc5c(c4)C=C(S(=O)(=O)[O-])/C(=N\Nc4ccc(S(=O)(=O)[O-])cc4)C5=O)cc3C=C2S(=O)(=O)[O-])cc1S(=O)(=O)[O-].[Na+].[Na+].[Na+].[Na+]. The van der Waals surface area contributed by atoms with Gasteiger partial charge < -0.3 is 33.6 Å². The first-order valence-corrected chi connectivity index (χ1v) is 22.3. The van der Waals surface area contributed by atoms with E-state index in [0.29, 0.717) is 0 Å². The molecule has 0 aromatic heterocycles. The first-order chi connectivity index (χ1) is 28.4. The number of benzene rings is 4. The Bertz CT molecular complexity index is 3170. The molecule has 30 heteroatoms. The average molecular weight is 1000 g/mol. The Morgan fingerprint density at radius 2 is 0.969 bits per heavy atom. The number of hydrogen-bond acceptors (Lipinski definition) is 20. The van der Waals surface area contributed by atoms with Gasteiger partial charge in [-0.05, 0) is 109 Å². The monoisotopic (exact) mass is 1000 g/mol. The Balaban J connectivity index is 0.00000363. The van der Waals surface area contributed by atoms with Crippen molar-refractivity contribution in [2.75, 3.05) is 28.1 Å². The molecule has 2 aliphatic rings. The van der Waals surface area contributed by atoms with Gasteiger partial charge in [-0.15, -0.1) is 0 Å². The Morgan fingerprint density at radius 3 is 1.37 bits per heavy atom. The van der Waals surface area contributed by atoms with Crippen molar-refractivity contribution in [3.05, 3.63) is 111 Å². The van der Waals surface area contributed by atoms with Gasteiger partial charge in [-0.2, -0.15) is 10.2 Å². The minimum atomic E-state index is -5.40. The van der Waals surface area contributed by atoms with Crippen molar-refractivity contribution in [1.29, 1.82) is 0 Å². The summed E-state index contributed by atoms with van der Waals surface area (Å²) in [7, 11) is -20.6. The Labute approximate surface area is 459 Å². The third-order valence-corrected chi connectivity index (χ3v) is 11.8. The molecule has 0 saturated carbocycles. The van der Waals surface area contributed by atoms with E-state index in [1.165, 1.54) is 30.3 Å². The van der Waals surface area contributed by atoms with Crippen molar-refractivity contribution in [2.45, 2.75) is 16.7 Å². The molecule has 2 aliphatic carbocycles. The molecule has 318 valence electrons. The molecule has 0 fully saturated rings. The summed E-state index contributed by atoms with van der Waals surface area (Å²) in [5.74, 6) is -2.36. The van der Waals surface area contributed by atoms with Crippen LogP contribution in [0.5, 0.6) is 5.75 Å². The van der Waals surface area contributed by atoms with Gasteiger partial charge in [-0.1, -0.05) is 0 Å². The predicted molar refractivity (Wildman–Crippen MR) is 212 cm³/mol.